The Hall–Kier alpha value is -3.25. The fourth-order valence-corrected chi connectivity index (χ4v) is 8.05. The van der Waals surface area contributed by atoms with Crippen molar-refractivity contribution in [2.24, 2.45) is 5.92 Å². The van der Waals surface area contributed by atoms with E-state index < -0.39 is 63.7 Å². The smallest absolute Gasteiger partial charge is 0.306 e. The number of benzene rings is 2. The average Bonchev–Trinajstić information content (AvgIpc) is 3.89. The van der Waals surface area contributed by atoms with E-state index in [0.717, 1.165) is 10.4 Å². The van der Waals surface area contributed by atoms with Crippen molar-refractivity contribution in [1.29, 1.82) is 0 Å². The molecule has 2 saturated carbocycles. The number of nitrogens with zero attached hydrogens (tertiary/aromatic N) is 3. The van der Waals surface area contributed by atoms with E-state index in [1.165, 1.54) is 12.3 Å². The monoisotopic (exact) mass is 661 g/mol. The highest BCUT2D eigenvalue weighted by molar-refractivity contribution is 7.93. The second kappa shape index (κ2) is 12.3. The van der Waals surface area contributed by atoms with Crippen LogP contribution in [0.4, 0.5) is 10.2 Å². The maximum absolute atomic E-state index is 15.2. The summed E-state index contributed by atoms with van der Waals surface area (Å²) in [6.07, 6.45) is 0.807. The summed E-state index contributed by atoms with van der Waals surface area (Å²) >= 11 is 12.6. The molecule has 4 unspecified atom stereocenters. The number of carboxylic acid groups (broad SMARTS) is 1. The van der Waals surface area contributed by atoms with Crippen molar-refractivity contribution >= 4 is 50.9 Å². The van der Waals surface area contributed by atoms with Crippen LogP contribution in [0, 0.1) is 11.7 Å². The highest BCUT2D eigenvalue weighted by Crippen LogP contribution is 2.49. The summed E-state index contributed by atoms with van der Waals surface area (Å²) in [5.41, 5.74) is 1.26. The van der Waals surface area contributed by atoms with Gasteiger partial charge in [0.15, 0.2) is 11.6 Å². The Balaban J connectivity index is 1.51. The van der Waals surface area contributed by atoms with Gasteiger partial charge in [0, 0.05) is 16.2 Å². The molecule has 9 nitrogen and oxygen atoms in total. The fourth-order valence-electron chi connectivity index (χ4n) is 5.89. The maximum atomic E-state index is 15.2. The van der Waals surface area contributed by atoms with Crippen LogP contribution in [-0.2, 0) is 24.3 Å². The Kier molecular flexibility index (Phi) is 8.58. The predicted octanol–water partition coefficient (Wildman–Crippen LogP) is 5.79. The molecule has 3 aromatic rings. The van der Waals surface area contributed by atoms with Gasteiger partial charge in [0.2, 0.25) is 10.0 Å². The van der Waals surface area contributed by atoms with Gasteiger partial charge in [0.25, 0.3) is 5.91 Å². The van der Waals surface area contributed by atoms with Gasteiger partial charge >= 0.3 is 5.97 Å². The molecule has 1 aliphatic heterocycles. The summed E-state index contributed by atoms with van der Waals surface area (Å²) in [4.78, 5) is 31.9. The Morgan fingerprint density at radius 1 is 1.05 bits per heavy atom. The molecule has 0 radical (unpaired) electrons. The number of sulfonamides is 1. The topological polar surface area (TPSA) is 117 Å². The molecule has 44 heavy (non-hydrogen) atoms. The van der Waals surface area contributed by atoms with E-state index in [1.54, 1.807) is 53.4 Å². The van der Waals surface area contributed by atoms with Gasteiger partial charge in [-0.2, -0.15) is 0 Å². The zero-order chi connectivity index (χ0) is 31.2. The Bertz CT molecular complexity index is 1670. The third-order valence-corrected chi connectivity index (χ3v) is 11.0. The lowest BCUT2D eigenvalue weighted by Gasteiger charge is -2.49. The summed E-state index contributed by atoms with van der Waals surface area (Å²) in [6, 6.07) is 14.7. The number of carbonyl (C=O) groups is 2. The number of carbonyl (C=O) groups excluding carboxylic acids is 1. The zero-order valence-electron chi connectivity index (χ0n) is 23.4. The lowest BCUT2D eigenvalue weighted by molar-refractivity contribution is -0.183. The van der Waals surface area contributed by atoms with Gasteiger partial charge in [-0.15, -0.1) is 0 Å². The van der Waals surface area contributed by atoms with Crippen LogP contribution < -0.4 is 4.31 Å². The molecule has 3 aliphatic rings. The van der Waals surface area contributed by atoms with Crippen molar-refractivity contribution in [2.45, 2.75) is 61.6 Å². The van der Waals surface area contributed by atoms with Crippen LogP contribution in [0.1, 0.15) is 55.4 Å². The van der Waals surface area contributed by atoms with Crippen LogP contribution in [0.25, 0.3) is 0 Å². The molecular weight excluding hydrogens is 632 g/mol. The van der Waals surface area contributed by atoms with E-state index >= 15 is 4.39 Å². The van der Waals surface area contributed by atoms with E-state index in [4.69, 9.17) is 27.9 Å². The molecule has 0 spiro atoms. The molecule has 1 amide bonds. The van der Waals surface area contributed by atoms with Gasteiger partial charge in [-0.25, -0.2) is 22.1 Å². The number of morpholine rings is 1. The Morgan fingerprint density at radius 3 is 2.39 bits per heavy atom. The number of carboxylic acids is 1. The van der Waals surface area contributed by atoms with Gasteiger partial charge < -0.3 is 14.7 Å². The first-order valence-electron chi connectivity index (χ1n) is 14.4. The molecule has 0 bridgehead atoms. The van der Waals surface area contributed by atoms with Gasteiger partial charge in [0.1, 0.15) is 12.2 Å². The minimum absolute atomic E-state index is 0.124. The molecular formula is C31H30Cl2FN3O6S. The van der Waals surface area contributed by atoms with Gasteiger partial charge in [-0.05, 0) is 79.1 Å². The van der Waals surface area contributed by atoms with E-state index in [9.17, 15) is 23.1 Å². The van der Waals surface area contributed by atoms with Crippen LogP contribution in [0.2, 0.25) is 10.0 Å². The van der Waals surface area contributed by atoms with E-state index in [1.807, 2.05) is 0 Å². The van der Waals surface area contributed by atoms with E-state index in [2.05, 4.69) is 4.98 Å². The van der Waals surface area contributed by atoms with Crippen LogP contribution in [0.3, 0.4) is 0 Å². The lowest BCUT2D eigenvalue weighted by Crippen LogP contribution is -2.59. The second-order valence-electron chi connectivity index (χ2n) is 11.4. The number of pyridine rings is 1. The average molecular weight is 663 g/mol. The highest BCUT2D eigenvalue weighted by Gasteiger charge is 2.52. The number of aliphatic carboxylic acids is 1. The number of hydrogen-bond donors (Lipinski definition) is 1. The van der Waals surface area contributed by atoms with Crippen molar-refractivity contribution in [3.8, 4) is 0 Å². The molecule has 4 atom stereocenters. The number of hydrogen-bond acceptors (Lipinski definition) is 6. The molecule has 1 saturated heterocycles. The Morgan fingerprint density at radius 2 is 1.77 bits per heavy atom. The van der Waals surface area contributed by atoms with E-state index in [0.29, 0.717) is 46.9 Å². The molecule has 1 aromatic heterocycles. The first-order valence-corrected chi connectivity index (χ1v) is 16.6. The third kappa shape index (κ3) is 6.28. The van der Waals surface area contributed by atoms with Crippen molar-refractivity contribution < 1.29 is 32.2 Å². The number of halogens is 3. The molecule has 2 heterocycles. The standard InChI is InChI=1S/C31H30Cl2FN3O6S/c32-21-10-8-19(9-11-21)28-29(20-3-1-4-22(33)15-20)43-26(16-27(38)39)31(40)37(28)25(18-6-7-18)17-36(44(41,42)23-12-13-23)30-24(34)5-2-14-35-30/h1-5,8-11,14-15,18,23,25-26,28-29H,6-7,12-13,16-17H2,(H,38,39). The summed E-state index contributed by atoms with van der Waals surface area (Å²) < 4.78 is 50.1. The van der Waals surface area contributed by atoms with Crippen LogP contribution in [-0.4, -0.2) is 59.2 Å². The minimum Gasteiger partial charge on any atom is -0.481 e. The quantitative estimate of drug-likeness (QED) is 0.276. The summed E-state index contributed by atoms with van der Waals surface area (Å²) in [6.45, 7) is -0.255. The molecule has 6 rings (SSSR count). The normalized spacial score (nSPS) is 22.9. The number of amides is 1. The summed E-state index contributed by atoms with van der Waals surface area (Å²) in [5.74, 6) is -3.07. The van der Waals surface area contributed by atoms with Crippen LogP contribution in [0.5, 0.6) is 0 Å². The molecule has 232 valence electrons. The largest absolute Gasteiger partial charge is 0.481 e. The van der Waals surface area contributed by atoms with Crippen molar-refractivity contribution in [2.75, 3.05) is 10.8 Å². The molecule has 2 aliphatic carbocycles. The number of ether oxygens (including phenoxy) is 1. The SMILES string of the molecule is O=C(O)CC1OC(c2cccc(Cl)c2)C(c2ccc(Cl)cc2)N(C(CN(c2ncccc2F)S(=O)(=O)C2CC2)C2CC2)C1=O. The number of rotatable bonds is 11. The van der Waals surface area contributed by atoms with Gasteiger partial charge in [-0.3, -0.25) is 9.59 Å². The lowest BCUT2D eigenvalue weighted by atomic mass is 9.89. The first kappa shape index (κ1) is 30.8. The third-order valence-electron chi connectivity index (χ3n) is 8.28. The molecule has 3 fully saturated rings. The van der Waals surface area contributed by atoms with Gasteiger partial charge in [0.05, 0.1) is 30.3 Å². The fraction of sp³-hybridized carbons (Fsp3) is 0.387. The zero-order valence-corrected chi connectivity index (χ0v) is 25.8. The van der Waals surface area contributed by atoms with Crippen LogP contribution >= 0.6 is 23.2 Å². The Labute approximate surface area is 264 Å². The van der Waals surface area contributed by atoms with Crippen molar-refractivity contribution in [3.63, 3.8) is 0 Å². The molecule has 2 aromatic carbocycles. The van der Waals surface area contributed by atoms with Crippen LogP contribution in [0.15, 0.2) is 66.9 Å². The first-order chi connectivity index (χ1) is 21.0. The summed E-state index contributed by atoms with van der Waals surface area (Å²) in [7, 11) is -4.02. The molecule has 13 heteroatoms. The number of aromatic nitrogens is 1. The predicted molar refractivity (Wildman–Crippen MR) is 162 cm³/mol. The molecule has 1 N–H and O–H groups in total. The summed E-state index contributed by atoms with van der Waals surface area (Å²) in [5, 5.41) is 9.94. The minimum atomic E-state index is -4.02. The number of anilines is 1. The second-order valence-corrected chi connectivity index (χ2v) is 14.4. The maximum Gasteiger partial charge on any atom is 0.306 e. The van der Waals surface area contributed by atoms with Crippen molar-refractivity contribution in [1.82, 2.24) is 9.88 Å². The van der Waals surface area contributed by atoms with Gasteiger partial charge in [-0.1, -0.05) is 47.5 Å². The van der Waals surface area contributed by atoms with Crippen molar-refractivity contribution in [3.05, 3.63) is 93.8 Å². The highest BCUT2D eigenvalue weighted by atomic mass is 35.5. The van der Waals surface area contributed by atoms with E-state index in [-0.39, 0.29) is 18.3 Å².